The topological polar surface area (TPSA) is 82.6 Å². The van der Waals surface area contributed by atoms with Gasteiger partial charge in [0.25, 0.3) is 11.7 Å². The summed E-state index contributed by atoms with van der Waals surface area (Å²) in [6.45, 7) is 0.171. The Kier molecular flexibility index (Phi) is 5.82. The number of likely N-dealkylation sites (tertiary alicyclic amines) is 1. The van der Waals surface area contributed by atoms with Crippen LogP contribution in [0.4, 0.5) is 4.39 Å². The van der Waals surface area contributed by atoms with Gasteiger partial charge in [0, 0.05) is 34.8 Å². The molecule has 0 saturated carbocycles. The molecule has 5 rings (SSSR count). The minimum absolute atomic E-state index is 0.135. The Morgan fingerprint density at radius 3 is 2.49 bits per heavy atom. The van der Waals surface area contributed by atoms with Gasteiger partial charge in [-0.3, -0.25) is 9.59 Å². The molecular formula is C28H23FN2O4. The summed E-state index contributed by atoms with van der Waals surface area (Å²) in [6, 6.07) is 19.2. The number of nitrogens with one attached hydrogen (secondary N) is 1. The molecule has 1 aromatic heterocycles. The van der Waals surface area contributed by atoms with E-state index in [1.807, 2.05) is 30.5 Å². The van der Waals surface area contributed by atoms with E-state index in [1.54, 1.807) is 36.4 Å². The monoisotopic (exact) mass is 470 g/mol. The number of fused-ring (bicyclic) bond motifs is 1. The van der Waals surface area contributed by atoms with Crippen molar-refractivity contribution in [3.63, 3.8) is 0 Å². The average Bonchev–Trinajstić information content (AvgIpc) is 3.41. The normalized spacial score (nSPS) is 17.3. The Morgan fingerprint density at radius 1 is 1.03 bits per heavy atom. The highest BCUT2D eigenvalue weighted by atomic mass is 19.1. The van der Waals surface area contributed by atoms with Crippen molar-refractivity contribution in [3.8, 4) is 5.75 Å². The van der Waals surface area contributed by atoms with Gasteiger partial charge in [0.2, 0.25) is 0 Å². The molecule has 3 aromatic carbocycles. The lowest BCUT2D eigenvalue weighted by molar-refractivity contribution is -0.139. The number of hydrogen-bond donors (Lipinski definition) is 2. The number of benzene rings is 3. The zero-order chi connectivity index (χ0) is 24.5. The van der Waals surface area contributed by atoms with Crippen molar-refractivity contribution in [1.82, 2.24) is 9.88 Å². The number of amides is 1. The first-order valence-corrected chi connectivity index (χ1v) is 11.2. The number of halogens is 1. The number of aromatic amines is 1. The predicted octanol–water partition coefficient (Wildman–Crippen LogP) is 4.98. The summed E-state index contributed by atoms with van der Waals surface area (Å²) in [5, 5.41) is 12.1. The Balaban J connectivity index is 1.57. The first-order valence-electron chi connectivity index (χ1n) is 11.2. The van der Waals surface area contributed by atoms with Gasteiger partial charge in [0.15, 0.2) is 0 Å². The zero-order valence-corrected chi connectivity index (χ0v) is 19.0. The van der Waals surface area contributed by atoms with Gasteiger partial charge in [0.1, 0.15) is 17.3 Å². The first kappa shape index (κ1) is 22.4. The van der Waals surface area contributed by atoms with Crippen molar-refractivity contribution in [3.05, 3.63) is 107 Å². The summed E-state index contributed by atoms with van der Waals surface area (Å²) in [5.41, 5.74) is 2.30. The van der Waals surface area contributed by atoms with E-state index < -0.39 is 23.5 Å². The quantitative estimate of drug-likeness (QED) is 0.237. The molecule has 1 fully saturated rings. The fraction of sp³-hybridized carbons (Fsp3) is 0.143. The Hall–Kier alpha value is -4.39. The summed E-state index contributed by atoms with van der Waals surface area (Å²) < 4.78 is 20.1. The molecular weight excluding hydrogens is 447 g/mol. The van der Waals surface area contributed by atoms with Gasteiger partial charge >= 0.3 is 0 Å². The maximum atomic E-state index is 15.0. The number of hydrogen-bond acceptors (Lipinski definition) is 4. The summed E-state index contributed by atoms with van der Waals surface area (Å²) in [7, 11) is 1.52. The summed E-state index contributed by atoms with van der Waals surface area (Å²) in [4.78, 5) is 30.9. The molecule has 35 heavy (non-hydrogen) atoms. The van der Waals surface area contributed by atoms with E-state index in [0.29, 0.717) is 17.7 Å². The third-order valence-corrected chi connectivity index (χ3v) is 6.40. The van der Waals surface area contributed by atoms with E-state index in [4.69, 9.17) is 4.74 Å². The number of aliphatic hydroxyl groups is 1. The Bertz CT molecular complexity index is 1460. The molecule has 6 nitrogen and oxygen atoms in total. The fourth-order valence-corrected chi connectivity index (χ4v) is 4.61. The number of ether oxygens (including phenoxy) is 1. The summed E-state index contributed by atoms with van der Waals surface area (Å²) in [5.74, 6) is -1.95. The molecule has 1 saturated heterocycles. The smallest absolute Gasteiger partial charge is 0.295 e. The van der Waals surface area contributed by atoms with E-state index in [1.165, 1.54) is 24.1 Å². The number of nitrogens with zero attached hydrogens (tertiary/aromatic N) is 1. The largest absolute Gasteiger partial charge is 0.507 e. The summed E-state index contributed by atoms with van der Waals surface area (Å²) in [6.07, 6.45) is 2.32. The molecule has 0 unspecified atom stereocenters. The molecule has 2 heterocycles. The van der Waals surface area contributed by atoms with Crippen LogP contribution in [0.3, 0.4) is 0 Å². The van der Waals surface area contributed by atoms with Crippen LogP contribution in [0.5, 0.6) is 5.75 Å². The van der Waals surface area contributed by atoms with Gasteiger partial charge < -0.3 is 19.7 Å². The lowest BCUT2D eigenvalue weighted by atomic mass is 9.94. The van der Waals surface area contributed by atoms with Crippen LogP contribution >= 0.6 is 0 Å². The summed E-state index contributed by atoms with van der Waals surface area (Å²) >= 11 is 0. The number of para-hydroxylation sites is 1. The second-order valence-corrected chi connectivity index (χ2v) is 8.35. The van der Waals surface area contributed by atoms with Crippen LogP contribution in [-0.4, -0.2) is 40.3 Å². The third-order valence-electron chi connectivity index (χ3n) is 6.40. The molecule has 1 aliphatic rings. The highest BCUT2D eigenvalue weighted by molar-refractivity contribution is 6.46. The zero-order valence-electron chi connectivity index (χ0n) is 19.0. The van der Waals surface area contributed by atoms with Crippen LogP contribution in [0.15, 0.2) is 84.6 Å². The SMILES string of the molecule is COc1ccc(C(O)=C2C(=O)C(=O)N(CCc3c[nH]c4ccccc34)[C@@H]2c2ccccc2F)cc1. The number of ketones is 1. The lowest BCUT2D eigenvalue weighted by Gasteiger charge is -2.25. The van der Waals surface area contributed by atoms with Crippen molar-refractivity contribution in [2.45, 2.75) is 12.5 Å². The van der Waals surface area contributed by atoms with Crippen LogP contribution in [0.1, 0.15) is 22.7 Å². The van der Waals surface area contributed by atoms with Gasteiger partial charge in [-0.25, -0.2) is 4.39 Å². The van der Waals surface area contributed by atoms with Crippen LogP contribution < -0.4 is 4.74 Å². The molecule has 2 N–H and O–H groups in total. The molecule has 0 aliphatic carbocycles. The number of carbonyl (C=O) groups excluding carboxylic acids is 2. The van der Waals surface area contributed by atoms with Gasteiger partial charge in [-0.05, 0) is 48.4 Å². The third kappa shape index (κ3) is 3.95. The first-order chi connectivity index (χ1) is 17.0. The number of Topliss-reactive ketones (excluding diaryl/α,β-unsaturated/α-hetero) is 1. The molecule has 176 valence electrons. The van der Waals surface area contributed by atoms with E-state index in [0.717, 1.165) is 16.5 Å². The lowest BCUT2D eigenvalue weighted by Crippen LogP contribution is -2.32. The molecule has 0 bridgehead atoms. The fourth-order valence-electron chi connectivity index (χ4n) is 4.61. The predicted molar refractivity (Wildman–Crippen MR) is 130 cm³/mol. The van der Waals surface area contributed by atoms with Gasteiger partial charge in [-0.15, -0.1) is 0 Å². The number of rotatable bonds is 6. The maximum absolute atomic E-state index is 15.0. The van der Waals surface area contributed by atoms with Crippen LogP contribution in [0, 0.1) is 5.82 Å². The second-order valence-electron chi connectivity index (χ2n) is 8.35. The molecule has 1 atom stereocenters. The van der Waals surface area contributed by atoms with Gasteiger partial charge in [-0.1, -0.05) is 36.4 Å². The number of H-pyrrole nitrogens is 1. The molecule has 7 heteroatoms. The van der Waals surface area contributed by atoms with E-state index in [9.17, 15) is 19.1 Å². The van der Waals surface area contributed by atoms with Gasteiger partial charge in [0.05, 0.1) is 18.7 Å². The number of aliphatic hydroxyl groups excluding tert-OH is 1. The molecule has 0 spiro atoms. The number of aromatic nitrogens is 1. The minimum Gasteiger partial charge on any atom is -0.507 e. The molecule has 1 aliphatic heterocycles. The van der Waals surface area contributed by atoms with Crippen molar-refractivity contribution in [2.24, 2.45) is 0 Å². The maximum Gasteiger partial charge on any atom is 0.295 e. The molecule has 0 radical (unpaired) electrons. The van der Waals surface area contributed by atoms with Crippen molar-refractivity contribution >= 4 is 28.4 Å². The van der Waals surface area contributed by atoms with E-state index >= 15 is 0 Å². The van der Waals surface area contributed by atoms with Crippen LogP contribution in [0.25, 0.3) is 16.7 Å². The molecule has 4 aromatic rings. The average molecular weight is 471 g/mol. The molecule has 1 amide bonds. The van der Waals surface area contributed by atoms with E-state index in [2.05, 4.69) is 4.98 Å². The van der Waals surface area contributed by atoms with Gasteiger partial charge in [-0.2, -0.15) is 0 Å². The van der Waals surface area contributed by atoms with Crippen molar-refractivity contribution in [2.75, 3.05) is 13.7 Å². The van der Waals surface area contributed by atoms with Crippen LogP contribution in [-0.2, 0) is 16.0 Å². The highest BCUT2D eigenvalue weighted by Crippen LogP contribution is 2.40. The Labute approximate surface area is 201 Å². The second kappa shape index (κ2) is 9.10. The Morgan fingerprint density at radius 2 is 1.74 bits per heavy atom. The standard InChI is InChI=1S/C28H23FN2O4/c1-35-19-12-10-17(11-13-19)26(32)24-25(21-7-2-4-8-22(21)29)31(28(34)27(24)33)15-14-18-16-30-23-9-5-3-6-20(18)23/h2-13,16,25,30,32H,14-15H2,1H3/t25-/m1/s1. The number of methoxy groups -OCH3 is 1. The van der Waals surface area contributed by atoms with Crippen LogP contribution in [0.2, 0.25) is 0 Å². The van der Waals surface area contributed by atoms with Crippen molar-refractivity contribution in [1.29, 1.82) is 0 Å². The minimum atomic E-state index is -1.05. The number of carbonyl (C=O) groups is 2. The highest BCUT2D eigenvalue weighted by Gasteiger charge is 2.46. The van der Waals surface area contributed by atoms with E-state index in [-0.39, 0.29) is 23.4 Å². The van der Waals surface area contributed by atoms with Crippen molar-refractivity contribution < 1.29 is 23.8 Å².